The van der Waals surface area contributed by atoms with Crippen LogP contribution in [0.15, 0.2) is 0 Å². The highest BCUT2D eigenvalue weighted by atomic mass is 16.4. The molecule has 7 heteroatoms. The molecule has 0 heterocycles. The molecule has 0 aliphatic heterocycles. The summed E-state index contributed by atoms with van der Waals surface area (Å²) in [5, 5.41) is 39.6. The van der Waals surface area contributed by atoms with Crippen LogP contribution < -0.4 is 0 Å². The Kier molecular flexibility index (Phi) is 7.54. The van der Waals surface area contributed by atoms with Crippen LogP contribution in [0.4, 0.5) is 0 Å². The van der Waals surface area contributed by atoms with E-state index < -0.39 is 24.6 Å². The number of rotatable bonds is 8. The van der Waals surface area contributed by atoms with Crippen molar-refractivity contribution in [3.05, 3.63) is 0 Å². The van der Waals surface area contributed by atoms with Gasteiger partial charge in [-0.15, -0.1) is 0 Å². The standard InChI is InChI=1S/C28H44O7/c1-15(4-7-25(34)35)19-5-6-20-26-18(23(32)13-29)11-16-10-17(31)8-9-27(16,2)22(26)12-21(24(33)14-30)28(19,20)3/h15-22,26,29-31H,4-14H2,1-3H3,(H,34,35)/t15-,16+,17-,18+,19-,20+,21-,22+,26+,27+,28-/m1/s1. The Morgan fingerprint density at radius 3 is 2.26 bits per heavy atom. The van der Waals surface area contributed by atoms with Crippen LogP contribution in [0.5, 0.6) is 0 Å². The van der Waals surface area contributed by atoms with Gasteiger partial charge >= 0.3 is 5.97 Å². The molecule has 35 heavy (non-hydrogen) atoms. The molecule has 0 amide bonds. The van der Waals surface area contributed by atoms with Crippen LogP contribution in [0.3, 0.4) is 0 Å². The van der Waals surface area contributed by atoms with E-state index in [0.29, 0.717) is 25.7 Å². The SMILES string of the molecule is C[C@H](CCC(=O)O)[C@H]1CC[C@H]2[C@@H]3[C@H](C(=O)CO)C[C@@H]4C[C@H](O)CC[C@]4(C)[C@H]3C[C@H](C(=O)CO)[C@]12C. The third-order valence-electron chi connectivity index (χ3n) is 11.5. The first-order valence-electron chi connectivity index (χ1n) is 13.7. The average Bonchev–Trinajstić information content (AvgIpc) is 3.18. The monoisotopic (exact) mass is 492 g/mol. The fourth-order valence-corrected chi connectivity index (χ4v) is 9.81. The maximum absolute atomic E-state index is 13.3. The van der Waals surface area contributed by atoms with E-state index in [-0.39, 0.29) is 76.8 Å². The number of hydrogen-bond acceptors (Lipinski definition) is 6. The molecule has 4 saturated carbocycles. The van der Waals surface area contributed by atoms with Crippen molar-refractivity contribution in [1.82, 2.24) is 0 Å². The van der Waals surface area contributed by atoms with Gasteiger partial charge in [-0.3, -0.25) is 14.4 Å². The van der Waals surface area contributed by atoms with Gasteiger partial charge in [0.1, 0.15) is 13.2 Å². The summed E-state index contributed by atoms with van der Waals surface area (Å²) in [7, 11) is 0. The van der Waals surface area contributed by atoms with Crippen molar-refractivity contribution in [3.63, 3.8) is 0 Å². The zero-order valence-electron chi connectivity index (χ0n) is 21.5. The quantitative estimate of drug-likeness (QED) is 0.409. The Bertz CT molecular complexity index is 841. The Morgan fingerprint density at radius 1 is 0.943 bits per heavy atom. The summed E-state index contributed by atoms with van der Waals surface area (Å²) >= 11 is 0. The number of Topliss-reactive ketones (excluding diaryl/α,β-unsaturated/α-hetero) is 2. The van der Waals surface area contributed by atoms with E-state index in [2.05, 4.69) is 20.8 Å². The van der Waals surface area contributed by atoms with Crippen molar-refractivity contribution in [1.29, 1.82) is 0 Å². The molecule has 4 aliphatic carbocycles. The summed E-state index contributed by atoms with van der Waals surface area (Å²) in [6.45, 7) is 5.55. The van der Waals surface area contributed by atoms with Crippen LogP contribution in [0.1, 0.15) is 78.6 Å². The number of fused-ring (bicyclic) bond motifs is 5. The Labute approximate surface area is 208 Å². The van der Waals surface area contributed by atoms with Crippen molar-refractivity contribution < 1.29 is 34.8 Å². The van der Waals surface area contributed by atoms with Crippen LogP contribution in [0.25, 0.3) is 0 Å². The summed E-state index contributed by atoms with van der Waals surface area (Å²) in [5.41, 5.74) is -0.497. The highest BCUT2D eigenvalue weighted by Crippen LogP contribution is 2.71. The van der Waals surface area contributed by atoms with Gasteiger partial charge in [0.2, 0.25) is 0 Å². The van der Waals surface area contributed by atoms with Gasteiger partial charge < -0.3 is 20.4 Å². The number of carbonyl (C=O) groups is 3. The van der Waals surface area contributed by atoms with Crippen molar-refractivity contribution in [2.24, 2.45) is 58.2 Å². The fourth-order valence-electron chi connectivity index (χ4n) is 9.81. The summed E-state index contributed by atoms with van der Waals surface area (Å²) in [6.07, 6.45) is 5.59. The zero-order valence-corrected chi connectivity index (χ0v) is 21.5. The van der Waals surface area contributed by atoms with Crippen LogP contribution in [-0.4, -0.2) is 57.3 Å². The zero-order chi connectivity index (χ0) is 25.7. The van der Waals surface area contributed by atoms with Crippen molar-refractivity contribution in [3.8, 4) is 0 Å². The Morgan fingerprint density at radius 2 is 1.63 bits per heavy atom. The van der Waals surface area contributed by atoms with Crippen LogP contribution >= 0.6 is 0 Å². The number of aliphatic hydroxyl groups is 3. The van der Waals surface area contributed by atoms with Crippen LogP contribution in [0.2, 0.25) is 0 Å². The third kappa shape index (κ3) is 4.29. The number of carboxylic acids is 1. The van der Waals surface area contributed by atoms with Crippen molar-refractivity contribution in [2.75, 3.05) is 13.2 Å². The summed E-state index contributed by atoms with van der Waals surface area (Å²) in [4.78, 5) is 37.7. The molecule has 0 bridgehead atoms. The molecule has 0 radical (unpaired) electrons. The molecule has 0 aromatic rings. The number of carboxylic acid groups (broad SMARTS) is 1. The van der Waals surface area contributed by atoms with Gasteiger partial charge in [0.25, 0.3) is 0 Å². The Balaban J connectivity index is 1.77. The van der Waals surface area contributed by atoms with Crippen molar-refractivity contribution in [2.45, 2.75) is 84.7 Å². The van der Waals surface area contributed by atoms with Crippen LogP contribution in [-0.2, 0) is 14.4 Å². The number of aliphatic hydroxyl groups excluding tert-OH is 3. The van der Waals surface area contributed by atoms with E-state index in [4.69, 9.17) is 0 Å². The topological polar surface area (TPSA) is 132 Å². The van der Waals surface area contributed by atoms with E-state index in [1.165, 1.54) is 0 Å². The highest BCUT2D eigenvalue weighted by Gasteiger charge is 2.67. The van der Waals surface area contributed by atoms with Gasteiger partial charge in [-0.1, -0.05) is 20.8 Å². The minimum Gasteiger partial charge on any atom is -0.481 e. The van der Waals surface area contributed by atoms with Gasteiger partial charge in [-0.05, 0) is 97.7 Å². The smallest absolute Gasteiger partial charge is 0.303 e. The van der Waals surface area contributed by atoms with Gasteiger partial charge in [-0.2, -0.15) is 0 Å². The van der Waals surface area contributed by atoms with Crippen LogP contribution in [0, 0.1) is 58.2 Å². The predicted molar refractivity (Wildman–Crippen MR) is 129 cm³/mol. The molecule has 0 saturated heterocycles. The van der Waals surface area contributed by atoms with Gasteiger partial charge in [0, 0.05) is 18.3 Å². The molecule has 7 nitrogen and oxygen atoms in total. The second-order valence-electron chi connectivity index (χ2n) is 12.8. The van der Waals surface area contributed by atoms with E-state index in [1.54, 1.807) is 0 Å². The first-order chi connectivity index (χ1) is 16.5. The molecule has 0 aromatic carbocycles. The van der Waals surface area contributed by atoms with Gasteiger partial charge in [0.05, 0.1) is 6.10 Å². The van der Waals surface area contributed by atoms with E-state index in [0.717, 1.165) is 25.7 Å². The lowest BCUT2D eigenvalue weighted by atomic mass is 9.39. The molecule has 4 fully saturated rings. The lowest BCUT2D eigenvalue weighted by molar-refractivity contribution is -0.184. The maximum atomic E-state index is 13.3. The Hall–Kier alpha value is -1.31. The van der Waals surface area contributed by atoms with E-state index in [9.17, 15) is 34.8 Å². The average molecular weight is 493 g/mol. The highest BCUT2D eigenvalue weighted by molar-refractivity contribution is 5.84. The molecule has 4 rings (SSSR count). The molecular formula is C28H44O7. The lowest BCUT2D eigenvalue weighted by Gasteiger charge is -2.64. The minimum absolute atomic E-state index is 0.0653. The lowest BCUT2D eigenvalue weighted by Crippen LogP contribution is -2.62. The summed E-state index contributed by atoms with van der Waals surface area (Å²) < 4.78 is 0. The maximum Gasteiger partial charge on any atom is 0.303 e. The number of hydrogen-bond donors (Lipinski definition) is 4. The van der Waals surface area contributed by atoms with E-state index >= 15 is 0 Å². The van der Waals surface area contributed by atoms with Crippen molar-refractivity contribution >= 4 is 17.5 Å². The molecule has 11 atom stereocenters. The molecule has 4 N–H and O–H groups in total. The fraction of sp³-hybridized carbons (Fsp3) is 0.893. The summed E-state index contributed by atoms with van der Waals surface area (Å²) in [5.74, 6) is -0.940. The predicted octanol–water partition coefficient (Wildman–Crippen LogP) is 3.08. The first-order valence-corrected chi connectivity index (χ1v) is 13.7. The molecule has 0 spiro atoms. The molecular weight excluding hydrogens is 448 g/mol. The van der Waals surface area contributed by atoms with Gasteiger partial charge in [-0.25, -0.2) is 0 Å². The normalized spacial score (nSPS) is 45.7. The third-order valence-corrected chi connectivity index (χ3v) is 11.5. The number of carbonyl (C=O) groups excluding carboxylic acids is 2. The molecule has 0 aromatic heterocycles. The number of ketones is 2. The first kappa shape index (κ1) is 26.7. The second kappa shape index (κ2) is 9.86. The molecule has 198 valence electrons. The van der Waals surface area contributed by atoms with E-state index in [1.807, 2.05) is 0 Å². The molecule has 0 unspecified atom stereocenters. The minimum atomic E-state index is -0.817. The molecule has 4 aliphatic rings. The largest absolute Gasteiger partial charge is 0.481 e. The summed E-state index contributed by atoms with van der Waals surface area (Å²) in [6, 6.07) is 0. The van der Waals surface area contributed by atoms with Gasteiger partial charge in [0.15, 0.2) is 11.6 Å². The second-order valence-corrected chi connectivity index (χ2v) is 12.8. The number of aliphatic carboxylic acids is 1.